The number of aryl methyl sites for hydroxylation is 1. The molecule has 0 aliphatic carbocycles. The number of benzene rings is 1. The first-order valence-electron chi connectivity index (χ1n) is 11.0. The summed E-state index contributed by atoms with van der Waals surface area (Å²) in [6, 6.07) is 7.77. The molecule has 1 aromatic heterocycles. The minimum Gasteiger partial charge on any atom is -0.465 e. The van der Waals surface area contributed by atoms with Crippen molar-refractivity contribution < 1.29 is 33.2 Å². The molecular formula is C23H28N4O7. The molecular weight excluding hydrogens is 444 g/mol. The molecule has 1 aliphatic heterocycles. The predicted molar refractivity (Wildman–Crippen MR) is 121 cm³/mol. The monoisotopic (exact) mass is 472 g/mol. The minimum atomic E-state index is -0.570. The first-order chi connectivity index (χ1) is 16.4. The minimum absolute atomic E-state index is 0.0420. The first-order valence-corrected chi connectivity index (χ1v) is 11.0. The lowest BCUT2D eigenvalue weighted by Gasteiger charge is -2.23. The van der Waals surface area contributed by atoms with Crippen LogP contribution in [0.2, 0.25) is 0 Å². The van der Waals surface area contributed by atoms with Crippen molar-refractivity contribution in [1.82, 2.24) is 10.5 Å². The molecule has 182 valence electrons. The fourth-order valence-electron chi connectivity index (χ4n) is 3.46. The van der Waals surface area contributed by atoms with E-state index >= 15 is 0 Å². The highest BCUT2D eigenvalue weighted by Crippen LogP contribution is 2.19. The second kappa shape index (κ2) is 11.9. The summed E-state index contributed by atoms with van der Waals surface area (Å²) in [7, 11) is 1.26. The van der Waals surface area contributed by atoms with Crippen molar-refractivity contribution in [2.24, 2.45) is 0 Å². The summed E-state index contributed by atoms with van der Waals surface area (Å²) in [4.78, 5) is 51.0. The molecule has 0 radical (unpaired) electrons. The van der Waals surface area contributed by atoms with Crippen LogP contribution in [0.5, 0.6) is 0 Å². The molecule has 2 heterocycles. The molecule has 3 rings (SSSR count). The molecule has 0 bridgehead atoms. The number of hydrogen-bond acceptors (Lipinski definition) is 8. The number of nitrogens with zero attached hydrogens (tertiary/aromatic N) is 2. The highest BCUT2D eigenvalue weighted by molar-refractivity contribution is 6.02. The molecule has 2 aromatic rings. The Morgan fingerprint density at radius 3 is 2.68 bits per heavy atom. The number of carbonyl (C=O) groups excluding carboxylic acids is 4. The van der Waals surface area contributed by atoms with Crippen LogP contribution < -0.4 is 15.5 Å². The summed E-state index contributed by atoms with van der Waals surface area (Å²) in [5.74, 6) is -1.04. The van der Waals surface area contributed by atoms with Crippen LogP contribution in [0.25, 0.3) is 0 Å². The van der Waals surface area contributed by atoms with Crippen LogP contribution in [0.15, 0.2) is 34.9 Å². The van der Waals surface area contributed by atoms with Gasteiger partial charge in [0.25, 0.3) is 0 Å². The van der Waals surface area contributed by atoms with Gasteiger partial charge in [0.2, 0.25) is 17.7 Å². The Bertz CT molecular complexity index is 1030. The average Bonchev–Trinajstić information content (AvgIpc) is 3.50. The van der Waals surface area contributed by atoms with E-state index in [9.17, 15) is 19.2 Å². The zero-order valence-corrected chi connectivity index (χ0v) is 19.2. The number of hydrogen-bond donors (Lipinski definition) is 2. The van der Waals surface area contributed by atoms with Crippen molar-refractivity contribution >= 4 is 35.2 Å². The van der Waals surface area contributed by atoms with Gasteiger partial charge >= 0.3 is 5.97 Å². The summed E-state index contributed by atoms with van der Waals surface area (Å²) in [5.41, 5.74) is 0.574. The van der Waals surface area contributed by atoms with Crippen LogP contribution in [0.4, 0.5) is 11.5 Å². The van der Waals surface area contributed by atoms with Gasteiger partial charge in [-0.3, -0.25) is 14.4 Å². The molecule has 1 aromatic carbocycles. The fourth-order valence-corrected chi connectivity index (χ4v) is 3.46. The largest absolute Gasteiger partial charge is 0.465 e. The third-order valence-corrected chi connectivity index (χ3v) is 5.19. The Balaban J connectivity index is 1.66. The number of esters is 1. The molecule has 11 heteroatoms. The van der Waals surface area contributed by atoms with Gasteiger partial charge in [-0.2, -0.15) is 0 Å². The van der Waals surface area contributed by atoms with Crippen LogP contribution in [-0.4, -0.2) is 61.8 Å². The number of rotatable bonds is 10. The normalized spacial score (nSPS) is 14.9. The van der Waals surface area contributed by atoms with Crippen molar-refractivity contribution in [2.75, 3.05) is 37.0 Å². The summed E-state index contributed by atoms with van der Waals surface area (Å²) < 4.78 is 15.1. The fraction of sp³-hybridized carbons (Fsp3) is 0.435. The van der Waals surface area contributed by atoms with Crippen LogP contribution in [0.1, 0.15) is 41.8 Å². The van der Waals surface area contributed by atoms with Crippen molar-refractivity contribution in [2.45, 2.75) is 38.7 Å². The zero-order chi connectivity index (χ0) is 24.5. The molecule has 3 amide bonds. The SMILES string of the molecule is COC(=O)c1cccc(N(CC(=O)NC[C@@H]2CCCO2)C(=O)CCC(=O)Nc2cc(C)on2)c1. The Morgan fingerprint density at radius 2 is 2.00 bits per heavy atom. The van der Waals surface area contributed by atoms with E-state index in [-0.39, 0.29) is 42.8 Å². The first kappa shape index (κ1) is 24.9. The van der Waals surface area contributed by atoms with Crippen LogP contribution in [0, 0.1) is 6.92 Å². The predicted octanol–water partition coefficient (Wildman–Crippen LogP) is 1.82. The quantitative estimate of drug-likeness (QED) is 0.499. The van der Waals surface area contributed by atoms with E-state index in [1.807, 2.05) is 0 Å². The number of ether oxygens (including phenoxy) is 2. The van der Waals surface area contributed by atoms with Gasteiger partial charge in [0.05, 0.1) is 18.8 Å². The van der Waals surface area contributed by atoms with Crippen molar-refractivity contribution in [3.8, 4) is 0 Å². The van der Waals surface area contributed by atoms with Gasteiger partial charge in [-0.25, -0.2) is 4.79 Å². The standard InChI is InChI=1S/C23H28N4O7/c1-15-11-19(26-34-15)25-20(28)8-9-22(30)27(14-21(29)24-13-18-7-4-10-33-18)17-6-3-5-16(12-17)23(31)32-2/h3,5-6,11-12,18H,4,7-10,13-14H2,1-2H3,(H,24,29)(H,25,26,28)/t18-/m0/s1. The third kappa shape index (κ3) is 7.14. The van der Waals surface area contributed by atoms with Crippen molar-refractivity contribution in [3.05, 3.63) is 41.7 Å². The van der Waals surface area contributed by atoms with Crippen molar-refractivity contribution in [3.63, 3.8) is 0 Å². The second-order valence-electron chi connectivity index (χ2n) is 7.83. The van der Waals surface area contributed by atoms with Gasteiger partial charge in [-0.1, -0.05) is 11.2 Å². The Morgan fingerprint density at radius 1 is 1.18 bits per heavy atom. The maximum absolute atomic E-state index is 13.0. The van der Waals surface area contributed by atoms with E-state index in [2.05, 4.69) is 15.8 Å². The Hall–Kier alpha value is -3.73. The molecule has 1 fully saturated rings. The van der Waals surface area contributed by atoms with Gasteiger partial charge in [-0.15, -0.1) is 0 Å². The molecule has 34 heavy (non-hydrogen) atoms. The van der Waals surface area contributed by atoms with Gasteiger partial charge in [0, 0.05) is 37.7 Å². The van der Waals surface area contributed by atoms with Gasteiger partial charge in [0.1, 0.15) is 12.3 Å². The number of nitrogens with one attached hydrogen (secondary N) is 2. The topological polar surface area (TPSA) is 140 Å². The summed E-state index contributed by atoms with van der Waals surface area (Å²) >= 11 is 0. The van der Waals surface area contributed by atoms with E-state index < -0.39 is 17.8 Å². The number of anilines is 2. The lowest BCUT2D eigenvalue weighted by Crippen LogP contribution is -2.43. The van der Waals surface area contributed by atoms with E-state index in [1.165, 1.54) is 18.1 Å². The lowest BCUT2D eigenvalue weighted by molar-refractivity contribution is -0.125. The highest BCUT2D eigenvalue weighted by Gasteiger charge is 2.23. The molecule has 1 aliphatic rings. The molecule has 11 nitrogen and oxygen atoms in total. The summed E-state index contributed by atoms with van der Waals surface area (Å²) in [5, 5.41) is 9.02. The third-order valence-electron chi connectivity index (χ3n) is 5.19. The zero-order valence-electron chi connectivity index (χ0n) is 19.2. The Labute approximate surface area is 196 Å². The van der Waals surface area contributed by atoms with Gasteiger partial charge < -0.3 is 29.5 Å². The number of aromatic nitrogens is 1. The number of carbonyl (C=O) groups is 4. The molecule has 0 unspecified atom stereocenters. The summed E-state index contributed by atoms with van der Waals surface area (Å²) in [6.45, 7) is 2.43. The van der Waals surface area contributed by atoms with E-state index in [4.69, 9.17) is 14.0 Å². The van der Waals surface area contributed by atoms with E-state index in [1.54, 1.807) is 31.2 Å². The molecule has 1 atom stereocenters. The second-order valence-corrected chi connectivity index (χ2v) is 7.83. The highest BCUT2D eigenvalue weighted by atomic mass is 16.5. The maximum atomic E-state index is 13.0. The van der Waals surface area contributed by atoms with Gasteiger partial charge in [-0.05, 0) is 38.0 Å². The number of methoxy groups -OCH3 is 1. The maximum Gasteiger partial charge on any atom is 0.337 e. The van der Waals surface area contributed by atoms with E-state index in [0.29, 0.717) is 24.6 Å². The smallest absolute Gasteiger partial charge is 0.337 e. The Kier molecular flexibility index (Phi) is 8.74. The molecule has 0 spiro atoms. The van der Waals surface area contributed by atoms with Crippen LogP contribution in [-0.2, 0) is 23.9 Å². The molecule has 2 N–H and O–H groups in total. The molecule has 0 saturated carbocycles. The molecule has 1 saturated heterocycles. The number of amides is 3. The van der Waals surface area contributed by atoms with Crippen molar-refractivity contribution in [1.29, 1.82) is 0 Å². The van der Waals surface area contributed by atoms with Gasteiger partial charge in [0.15, 0.2) is 5.82 Å². The summed E-state index contributed by atoms with van der Waals surface area (Å²) in [6.07, 6.45) is 1.48. The lowest BCUT2D eigenvalue weighted by atomic mass is 10.1. The van der Waals surface area contributed by atoms with Crippen LogP contribution in [0.3, 0.4) is 0 Å². The average molecular weight is 472 g/mol. The van der Waals surface area contributed by atoms with E-state index in [0.717, 1.165) is 12.8 Å². The van der Waals surface area contributed by atoms with Crippen LogP contribution >= 0.6 is 0 Å².